The van der Waals surface area contributed by atoms with Crippen molar-refractivity contribution < 1.29 is 14.3 Å². The number of aryl methyl sites for hydroxylation is 1. The number of aromatic carboxylic acids is 1. The lowest BCUT2D eigenvalue weighted by molar-refractivity contribution is 0.0698. The summed E-state index contributed by atoms with van der Waals surface area (Å²) in [4.78, 5) is 15.4. The van der Waals surface area contributed by atoms with Crippen LogP contribution in [-0.4, -0.2) is 16.1 Å². The Kier molecular flexibility index (Phi) is 2.87. The molecule has 0 radical (unpaired) electrons. The van der Waals surface area contributed by atoms with Crippen LogP contribution in [0.2, 0.25) is 0 Å². The maximum absolute atomic E-state index is 13.4. The Morgan fingerprint density at radius 3 is 2.65 bits per heavy atom. The fraction of sp³-hybridized carbons (Fsp3) is 0.167. The maximum atomic E-state index is 13.4. The first-order valence-corrected chi connectivity index (χ1v) is 5.70. The lowest BCUT2D eigenvalue weighted by Crippen LogP contribution is -2.05. The number of nitrogens with zero attached hydrogens (tertiary/aromatic N) is 1. The lowest BCUT2D eigenvalue weighted by Gasteiger charge is -2.09. The van der Waals surface area contributed by atoms with Gasteiger partial charge in [-0.2, -0.15) is 0 Å². The SMILES string of the molecule is Cc1nc2cc(F)c(Br)cc2c(C(=O)O)c1C. The number of rotatable bonds is 1. The molecule has 17 heavy (non-hydrogen) atoms. The first-order chi connectivity index (χ1) is 7.91. The van der Waals surface area contributed by atoms with Gasteiger partial charge in [-0.25, -0.2) is 9.18 Å². The summed E-state index contributed by atoms with van der Waals surface area (Å²) in [5.41, 5.74) is 1.72. The highest BCUT2D eigenvalue weighted by atomic mass is 79.9. The highest BCUT2D eigenvalue weighted by Crippen LogP contribution is 2.27. The van der Waals surface area contributed by atoms with Crippen molar-refractivity contribution in [1.82, 2.24) is 4.98 Å². The average molecular weight is 298 g/mol. The van der Waals surface area contributed by atoms with Gasteiger partial charge in [0.05, 0.1) is 15.6 Å². The van der Waals surface area contributed by atoms with E-state index in [2.05, 4.69) is 20.9 Å². The van der Waals surface area contributed by atoms with E-state index in [0.717, 1.165) is 0 Å². The Bertz CT molecular complexity index is 635. The van der Waals surface area contributed by atoms with Crippen LogP contribution in [-0.2, 0) is 0 Å². The van der Waals surface area contributed by atoms with Crippen molar-refractivity contribution in [3.8, 4) is 0 Å². The van der Waals surface area contributed by atoms with E-state index in [1.54, 1.807) is 13.8 Å². The van der Waals surface area contributed by atoms with E-state index in [1.165, 1.54) is 12.1 Å². The minimum atomic E-state index is -1.03. The van der Waals surface area contributed by atoms with Gasteiger partial charge in [-0.05, 0) is 41.4 Å². The van der Waals surface area contributed by atoms with Crippen molar-refractivity contribution >= 4 is 32.8 Å². The van der Waals surface area contributed by atoms with Gasteiger partial charge in [0.15, 0.2) is 0 Å². The number of hydrogen-bond acceptors (Lipinski definition) is 2. The first-order valence-electron chi connectivity index (χ1n) is 4.91. The Hall–Kier alpha value is -1.49. The molecular weight excluding hydrogens is 289 g/mol. The Morgan fingerprint density at radius 2 is 2.06 bits per heavy atom. The second-order valence-electron chi connectivity index (χ2n) is 3.79. The van der Waals surface area contributed by atoms with Gasteiger partial charge < -0.3 is 5.11 Å². The van der Waals surface area contributed by atoms with Crippen LogP contribution in [0.3, 0.4) is 0 Å². The van der Waals surface area contributed by atoms with Crippen molar-refractivity contribution in [2.45, 2.75) is 13.8 Å². The molecule has 1 aromatic heterocycles. The van der Waals surface area contributed by atoms with Crippen LogP contribution in [0.5, 0.6) is 0 Å². The topological polar surface area (TPSA) is 50.2 Å². The predicted molar refractivity (Wildman–Crippen MR) is 65.8 cm³/mol. The highest BCUT2D eigenvalue weighted by molar-refractivity contribution is 9.10. The van der Waals surface area contributed by atoms with Crippen molar-refractivity contribution in [1.29, 1.82) is 0 Å². The molecule has 1 heterocycles. The van der Waals surface area contributed by atoms with E-state index in [-0.39, 0.29) is 10.0 Å². The number of hydrogen-bond donors (Lipinski definition) is 1. The second kappa shape index (κ2) is 4.07. The Morgan fingerprint density at radius 1 is 1.41 bits per heavy atom. The molecule has 88 valence electrons. The fourth-order valence-corrected chi connectivity index (χ4v) is 2.10. The summed E-state index contributed by atoms with van der Waals surface area (Å²) in [6.07, 6.45) is 0. The summed E-state index contributed by atoms with van der Waals surface area (Å²) in [6, 6.07) is 2.69. The van der Waals surface area contributed by atoms with Gasteiger partial charge >= 0.3 is 5.97 Å². The van der Waals surface area contributed by atoms with Crippen molar-refractivity contribution in [3.05, 3.63) is 39.2 Å². The summed E-state index contributed by atoms with van der Waals surface area (Å²) < 4.78 is 13.6. The molecule has 0 aliphatic rings. The van der Waals surface area contributed by atoms with E-state index >= 15 is 0 Å². The predicted octanol–water partition coefficient (Wildman–Crippen LogP) is 3.45. The van der Waals surface area contributed by atoms with E-state index in [0.29, 0.717) is 22.2 Å². The van der Waals surface area contributed by atoms with Gasteiger partial charge in [-0.15, -0.1) is 0 Å². The van der Waals surface area contributed by atoms with Crippen molar-refractivity contribution in [2.24, 2.45) is 0 Å². The molecule has 2 rings (SSSR count). The molecule has 0 fully saturated rings. The average Bonchev–Trinajstić information content (AvgIpc) is 2.23. The zero-order chi connectivity index (χ0) is 12.7. The zero-order valence-corrected chi connectivity index (χ0v) is 10.8. The molecule has 2 aromatic rings. The van der Waals surface area contributed by atoms with Gasteiger partial charge in [0, 0.05) is 17.1 Å². The molecule has 0 spiro atoms. The van der Waals surface area contributed by atoms with Crippen LogP contribution in [0.4, 0.5) is 4.39 Å². The normalized spacial score (nSPS) is 10.8. The molecule has 0 bridgehead atoms. The zero-order valence-electron chi connectivity index (χ0n) is 9.21. The monoisotopic (exact) mass is 297 g/mol. The third kappa shape index (κ3) is 1.91. The van der Waals surface area contributed by atoms with Crippen LogP contribution in [0, 0.1) is 19.7 Å². The van der Waals surface area contributed by atoms with Crippen LogP contribution >= 0.6 is 15.9 Å². The quantitative estimate of drug-likeness (QED) is 0.877. The molecule has 0 aliphatic heterocycles. The molecular formula is C12H9BrFNO2. The molecule has 0 amide bonds. The van der Waals surface area contributed by atoms with Gasteiger partial charge in [0.25, 0.3) is 0 Å². The molecule has 0 saturated heterocycles. The minimum Gasteiger partial charge on any atom is -0.478 e. The first kappa shape index (κ1) is 12.0. The fourth-order valence-electron chi connectivity index (χ4n) is 1.75. The van der Waals surface area contributed by atoms with E-state index < -0.39 is 11.8 Å². The Balaban J connectivity index is 2.98. The lowest BCUT2D eigenvalue weighted by atomic mass is 10.0. The molecule has 3 nitrogen and oxygen atoms in total. The number of carboxylic acids is 1. The molecule has 0 atom stereocenters. The van der Waals surface area contributed by atoms with Crippen molar-refractivity contribution in [2.75, 3.05) is 0 Å². The Labute approximate surface area is 105 Å². The summed E-state index contributed by atoms with van der Waals surface area (Å²) in [6.45, 7) is 3.41. The standard InChI is InChI=1S/C12H9BrFNO2/c1-5-6(2)15-10-4-9(14)8(13)3-7(10)11(5)12(16)17/h3-4H,1-2H3,(H,16,17). The second-order valence-corrected chi connectivity index (χ2v) is 4.64. The number of carbonyl (C=O) groups is 1. The summed E-state index contributed by atoms with van der Waals surface area (Å²) in [7, 11) is 0. The molecule has 0 unspecified atom stereocenters. The van der Waals surface area contributed by atoms with E-state index in [9.17, 15) is 14.3 Å². The summed E-state index contributed by atoms with van der Waals surface area (Å²) in [5, 5.41) is 9.65. The minimum absolute atomic E-state index is 0.174. The van der Waals surface area contributed by atoms with Gasteiger partial charge in [-0.3, -0.25) is 4.98 Å². The van der Waals surface area contributed by atoms with Crippen LogP contribution < -0.4 is 0 Å². The van der Waals surface area contributed by atoms with Crippen LogP contribution in [0.15, 0.2) is 16.6 Å². The smallest absolute Gasteiger partial charge is 0.336 e. The molecule has 1 N–H and O–H groups in total. The molecule has 5 heteroatoms. The summed E-state index contributed by atoms with van der Waals surface area (Å²) in [5.74, 6) is -1.49. The molecule has 0 aliphatic carbocycles. The number of fused-ring (bicyclic) bond motifs is 1. The van der Waals surface area contributed by atoms with Gasteiger partial charge in [0.2, 0.25) is 0 Å². The number of aromatic nitrogens is 1. The van der Waals surface area contributed by atoms with Crippen LogP contribution in [0.25, 0.3) is 10.9 Å². The maximum Gasteiger partial charge on any atom is 0.336 e. The van der Waals surface area contributed by atoms with E-state index in [4.69, 9.17) is 0 Å². The number of carboxylic acid groups (broad SMARTS) is 1. The van der Waals surface area contributed by atoms with Crippen LogP contribution in [0.1, 0.15) is 21.6 Å². The van der Waals surface area contributed by atoms with Gasteiger partial charge in [0.1, 0.15) is 5.82 Å². The van der Waals surface area contributed by atoms with E-state index in [1.807, 2.05) is 0 Å². The highest BCUT2D eigenvalue weighted by Gasteiger charge is 2.17. The number of benzene rings is 1. The van der Waals surface area contributed by atoms with Crippen molar-refractivity contribution in [3.63, 3.8) is 0 Å². The molecule has 1 aromatic carbocycles. The third-order valence-corrected chi connectivity index (χ3v) is 3.34. The van der Waals surface area contributed by atoms with Gasteiger partial charge in [-0.1, -0.05) is 0 Å². The number of pyridine rings is 1. The molecule has 0 saturated carbocycles. The summed E-state index contributed by atoms with van der Waals surface area (Å²) >= 11 is 3.05. The number of halogens is 2. The third-order valence-electron chi connectivity index (χ3n) is 2.73. The largest absolute Gasteiger partial charge is 0.478 e.